The zero-order valence-electron chi connectivity index (χ0n) is 13.2. The highest BCUT2D eigenvalue weighted by Gasteiger charge is 2.59. The van der Waals surface area contributed by atoms with Gasteiger partial charge in [-0.05, 0) is 23.7 Å². The minimum atomic E-state index is -1.51. The predicted octanol–water partition coefficient (Wildman–Crippen LogP) is 2.43. The molecule has 3 N–H and O–H groups in total. The average Bonchev–Trinajstić information content (AvgIpc) is 2.24. The van der Waals surface area contributed by atoms with Crippen molar-refractivity contribution in [3.8, 4) is 0 Å². The van der Waals surface area contributed by atoms with Gasteiger partial charge in [-0.3, -0.25) is 0 Å². The first-order valence-electron chi connectivity index (χ1n) is 7.06. The van der Waals surface area contributed by atoms with Crippen molar-refractivity contribution in [2.75, 3.05) is 0 Å². The second kappa shape index (κ2) is 5.89. The molecule has 2 atom stereocenters. The standard InChI is InChI=1S/C15H32O3/c1-9(2)13(16)15(18,12(7)8)14(17,10(3)4)11(5)6/h9-13,16-18H,1-8H3. The van der Waals surface area contributed by atoms with E-state index in [-0.39, 0.29) is 23.7 Å². The van der Waals surface area contributed by atoms with E-state index in [4.69, 9.17) is 0 Å². The molecule has 2 unspecified atom stereocenters. The van der Waals surface area contributed by atoms with Gasteiger partial charge in [0.25, 0.3) is 0 Å². The monoisotopic (exact) mass is 260 g/mol. The van der Waals surface area contributed by atoms with E-state index in [2.05, 4.69) is 0 Å². The summed E-state index contributed by atoms with van der Waals surface area (Å²) in [6, 6.07) is 0. The van der Waals surface area contributed by atoms with Crippen LogP contribution in [0.1, 0.15) is 55.4 Å². The van der Waals surface area contributed by atoms with Gasteiger partial charge in [-0.15, -0.1) is 0 Å². The Hall–Kier alpha value is -0.120. The lowest BCUT2D eigenvalue weighted by Gasteiger charge is -2.54. The van der Waals surface area contributed by atoms with E-state index in [9.17, 15) is 15.3 Å². The van der Waals surface area contributed by atoms with Gasteiger partial charge in [0, 0.05) is 0 Å². The minimum Gasteiger partial charge on any atom is -0.390 e. The maximum Gasteiger partial charge on any atom is 0.122 e. The fraction of sp³-hybridized carbons (Fsp3) is 1.00. The van der Waals surface area contributed by atoms with E-state index in [0.29, 0.717) is 0 Å². The molecule has 3 heteroatoms. The third kappa shape index (κ3) is 2.59. The lowest BCUT2D eigenvalue weighted by molar-refractivity contribution is -0.265. The van der Waals surface area contributed by atoms with Crippen LogP contribution in [0.25, 0.3) is 0 Å². The quantitative estimate of drug-likeness (QED) is 0.687. The van der Waals surface area contributed by atoms with E-state index in [1.807, 2.05) is 55.4 Å². The third-order valence-electron chi connectivity index (χ3n) is 4.36. The molecule has 0 saturated heterocycles. The highest BCUT2D eigenvalue weighted by Crippen LogP contribution is 2.44. The zero-order chi connectivity index (χ0) is 14.9. The normalized spacial score (nSPS) is 18.8. The Bertz CT molecular complexity index is 250. The summed E-state index contributed by atoms with van der Waals surface area (Å²) >= 11 is 0. The van der Waals surface area contributed by atoms with Gasteiger partial charge in [-0.25, -0.2) is 0 Å². The second-order valence-corrected chi connectivity index (χ2v) is 6.80. The van der Waals surface area contributed by atoms with Crippen LogP contribution in [0.5, 0.6) is 0 Å². The molecule has 3 nitrogen and oxygen atoms in total. The fourth-order valence-corrected chi connectivity index (χ4v) is 3.14. The number of aliphatic hydroxyl groups is 3. The van der Waals surface area contributed by atoms with Crippen LogP contribution < -0.4 is 0 Å². The maximum atomic E-state index is 11.1. The predicted molar refractivity (Wildman–Crippen MR) is 75.3 cm³/mol. The van der Waals surface area contributed by atoms with Crippen LogP contribution in [-0.2, 0) is 0 Å². The summed E-state index contributed by atoms with van der Waals surface area (Å²) in [7, 11) is 0. The van der Waals surface area contributed by atoms with Crippen molar-refractivity contribution >= 4 is 0 Å². The molecule has 0 aromatic heterocycles. The van der Waals surface area contributed by atoms with Gasteiger partial charge in [0.15, 0.2) is 0 Å². The lowest BCUT2D eigenvalue weighted by atomic mass is 9.60. The summed E-state index contributed by atoms with van der Waals surface area (Å²) in [4.78, 5) is 0. The summed E-state index contributed by atoms with van der Waals surface area (Å²) in [5, 5.41) is 32.6. The average molecular weight is 260 g/mol. The number of hydrogen-bond donors (Lipinski definition) is 3. The highest BCUT2D eigenvalue weighted by molar-refractivity contribution is 5.09. The fourth-order valence-electron chi connectivity index (χ4n) is 3.14. The number of aliphatic hydroxyl groups excluding tert-OH is 1. The Labute approximate surface area is 112 Å². The molecule has 0 bridgehead atoms. The van der Waals surface area contributed by atoms with Crippen LogP contribution in [0.3, 0.4) is 0 Å². The van der Waals surface area contributed by atoms with Gasteiger partial charge < -0.3 is 15.3 Å². The lowest BCUT2D eigenvalue weighted by Crippen LogP contribution is -2.69. The second-order valence-electron chi connectivity index (χ2n) is 6.80. The van der Waals surface area contributed by atoms with Crippen molar-refractivity contribution in [2.45, 2.75) is 72.7 Å². The molecule has 18 heavy (non-hydrogen) atoms. The number of hydrogen-bond acceptors (Lipinski definition) is 3. The van der Waals surface area contributed by atoms with Crippen LogP contribution in [-0.4, -0.2) is 32.6 Å². The molecule has 0 aromatic carbocycles. The van der Waals surface area contributed by atoms with Crippen LogP contribution in [0.15, 0.2) is 0 Å². The molecular formula is C15H32O3. The molecular weight excluding hydrogens is 228 g/mol. The first-order valence-corrected chi connectivity index (χ1v) is 7.06. The van der Waals surface area contributed by atoms with Gasteiger partial charge in [0.1, 0.15) is 11.2 Å². The van der Waals surface area contributed by atoms with Crippen LogP contribution in [0, 0.1) is 23.7 Å². The Kier molecular flexibility index (Phi) is 5.85. The molecule has 0 heterocycles. The van der Waals surface area contributed by atoms with Crippen LogP contribution in [0.2, 0.25) is 0 Å². The Morgan fingerprint density at radius 2 is 0.889 bits per heavy atom. The largest absolute Gasteiger partial charge is 0.390 e. The van der Waals surface area contributed by atoms with Gasteiger partial charge in [-0.1, -0.05) is 55.4 Å². The van der Waals surface area contributed by atoms with E-state index >= 15 is 0 Å². The van der Waals surface area contributed by atoms with E-state index in [1.165, 1.54) is 0 Å². The molecule has 0 radical (unpaired) electrons. The van der Waals surface area contributed by atoms with Gasteiger partial charge >= 0.3 is 0 Å². The van der Waals surface area contributed by atoms with Gasteiger partial charge in [0.05, 0.1) is 6.10 Å². The molecule has 0 spiro atoms. The molecule has 0 rings (SSSR count). The SMILES string of the molecule is CC(C)C(O)C(O)(C(C)C)C(O)(C(C)C)C(C)C. The minimum absolute atomic E-state index is 0.110. The Morgan fingerprint density at radius 1 is 0.611 bits per heavy atom. The molecule has 0 aliphatic rings. The van der Waals surface area contributed by atoms with Gasteiger partial charge in [0.2, 0.25) is 0 Å². The van der Waals surface area contributed by atoms with Crippen molar-refractivity contribution in [1.82, 2.24) is 0 Å². The molecule has 0 amide bonds. The van der Waals surface area contributed by atoms with Crippen molar-refractivity contribution in [1.29, 1.82) is 0 Å². The summed E-state index contributed by atoms with van der Waals surface area (Å²) < 4.78 is 0. The highest BCUT2D eigenvalue weighted by atomic mass is 16.4. The van der Waals surface area contributed by atoms with Crippen molar-refractivity contribution in [3.63, 3.8) is 0 Å². The maximum absolute atomic E-state index is 11.1. The summed E-state index contributed by atoms with van der Waals surface area (Å²) in [6.07, 6.45) is -0.952. The molecule has 0 saturated carbocycles. The van der Waals surface area contributed by atoms with E-state index < -0.39 is 17.3 Å². The topological polar surface area (TPSA) is 60.7 Å². The molecule has 0 aliphatic carbocycles. The summed E-state index contributed by atoms with van der Waals surface area (Å²) in [6.45, 7) is 15.0. The summed E-state index contributed by atoms with van der Waals surface area (Å²) in [5.41, 5.74) is -2.83. The summed E-state index contributed by atoms with van der Waals surface area (Å²) in [5.74, 6) is -0.622. The first kappa shape index (κ1) is 17.9. The molecule has 110 valence electrons. The first-order chi connectivity index (χ1) is 7.93. The van der Waals surface area contributed by atoms with Crippen LogP contribution in [0.4, 0.5) is 0 Å². The van der Waals surface area contributed by atoms with Crippen molar-refractivity contribution < 1.29 is 15.3 Å². The molecule has 0 aromatic rings. The van der Waals surface area contributed by atoms with E-state index in [1.54, 1.807) is 0 Å². The van der Waals surface area contributed by atoms with Crippen molar-refractivity contribution in [2.24, 2.45) is 23.7 Å². The number of rotatable bonds is 6. The van der Waals surface area contributed by atoms with Crippen molar-refractivity contribution in [3.05, 3.63) is 0 Å². The van der Waals surface area contributed by atoms with Gasteiger partial charge in [-0.2, -0.15) is 0 Å². The Balaban J connectivity index is 5.85. The van der Waals surface area contributed by atoms with Crippen LogP contribution >= 0.6 is 0 Å². The van der Waals surface area contributed by atoms with E-state index in [0.717, 1.165) is 0 Å². The third-order valence-corrected chi connectivity index (χ3v) is 4.36. The smallest absolute Gasteiger partial charge is 0.122 e. The Morgan fingerprint density at radius 3 is 1.06 bits per heavy atom. The molecule has 0 aliphatic heterocycles. The zero-order valence-corrected chi connectivity index (χ0v) is 13.2. The molecule has 0 fully saturated rings.